The van der Waals surface area contributed by atoms with Crippen molar-refractivity contribution in [3.8, 4) is 5.75 Å². The molecule has 0 N–H and O–H groups in total. The summed E-state index contributed by atoms with van der Waals surface area (Å²) in [7, 11) is -2.04. The topological polar surface area (TPSA) is 18.5 Å². The molecule has 1 aromatic carbocycles. The van der Waals surface area contributed by atoms with E-state index in [1.54, 1.807) is 6.07 Å². The van der Waals surface area contributed by atoms with E-state index in [0.29, 0.717) is 10.0 Å². The van der Waals surface area contributed by atoms with Gasteiger partial charge in [-0.05, 0) is 36.3 Å². The van der Waals surface area contributed by atoms with E-state index in [4.69, 9.17) is 4.43 Å². The number of rotatable bonds is 4. The summed E-state index contributed by atoms with van der Waals surface area (Å²) in [4.78, 5) is 0. The van der Waals surface area contributed by atoms with E-state index in [1.807, 2.05) is 0 Å². The SMILES string of the molecule is CC(C)(C)[Si](C)(C)OCc1cc(Br)ccc1OC(F)(F)F. The molecule has 0 amide bonds. The van der Waals surface area contributed by atoms with Crippen LogP contribution in [0.15, 0.2) is 22.7 Å². The van der Waals surface area contributed by atoms with Crippen molar-refractivity contribution in [1.82, 2.24) is 0 Å². The van der Waals surface area contributed by atoms with Gasteiger partial charge < -0.3 is 9.16 Å². The summed E-state index contributed by atoms with van der Waals surface area (Å²) >= 11 is 3.25. The summed E-state index contributed by atoms with van der Waals surface area (Å²) in [6.07, 6.45) is -4.71. The molecule has 21 heavy (non-hydrogen) atoms. The molecule has 0 saturated carbocycles. The summed E-state index contributed by atoms with van der Waals surface area (Å²) in [5.41, 5.74) is 0.381. The Kier molecular flexibility index (Phi) is 5.55. The second kappa shape index (κ2) is 6.30. The zero-order valence-electron chi connectivity index (χ0n) is 12.8. The highest BCUT2D eigenvalue weighted by Crippen LogP contribution is 2.38. The molecule has 0 aliphatic rings. The summed E-state index contributed by atoms with van der Waals surface area (Å²) in [6, 6.07) is 4.40. The van der Waals surface area contributed by atoms with Crippen molar-refractivity contribution in [3.05, 3.63) is 28.2 Å². The van der Waals surface area contributed by atoms with E-state index >= 15 is 0 Å². The Labute approximate surface area is 132 Å². The van der Waals surface area contributed by atoms with Gasteiger partial charge in [0.25, 0.3) is 0 Å². The lowest BCUT2D eigenvalue weighted by Gasteiger charge is -2.36. The fourth-order valence-electron chi connectivity index (χ4n) is 1.36. The second-order valence-electron chi connectivity index (χ2n) is 6.35. The predicted octanol–water partition coefficient (Wildman–Crippen LogP) is 5.87. The van der Waals surface area contributed by atoms with Crippen molar-refractivity contribution in [1.29, 1.82) is 0 Å². The summed E-state index contributed by atoms with van der Waals surface area (Å²) in [6.45, 7) is 10.4. The maximum absolute atomic E-state index is 12.4. The number of halogens is 4. The van der Waals surface area contributed by atoms with Crippen LogP contribution in [0.1, 0.15) is 26.3 Å². The number of ether oxygens (including phenoxy) is 1. The van der Waals surface area contributed by atoms with Gasteiger partial charge in [-0.3, -0.25) is 0 Å². The Hall–Kier alpha value is -0.533. The van der Waals surface area contributed by atoms with Crippen molar-refractivity contribution >= 4 is 24.2 Å². The fraction of sp³-hybridized carbons (Fsp3) is 0.571. The minimum Gasteiger partial charge on any atom is -0.412 e. The Balaban J connectivity index is 2.95. The van der Waals surface area contributed by atoms with Crippen LogP contribution in [0.25, 0.3) is 0 Å². The van der Waals surface area contributed by atoms with Gasteiger partial charge in [-0.2, -0.15) is 0 Å². The van der Waals surface area contributed by atoms with Crippen LogP contribution in [-0.2, 0) is 11.0 Å². The minimum absolute atomic E-state index is 0.00986. The van der Waals surface area contributed by atoms with E-state index in [2.05, 4.69) is 54.5 Å². The molecule has 1 aromatic rings. The Morgan fingerprint density at radius 3 is 2.19 bits per heavy atom. The molecule has 0 aliphatic carbocycles. The molecule has 0 saturated heterocycles. The molecule has 0 atom stereocenters. The summed E-state index contributed by atoms with van der Waals surface area (Å²) in [5, 5.41) is -0.00986. The number of hydrogen-bond acceptors (Lipinski definition) is 2. The van der Waals surface area contributed by atoms with Crippen LogP contribution < -0.4 is 4.74 Å². The highest BCUT2D eigenvalue weighted by Gasteiger charge is 2.37. The van der Waals surface area contributed by atoms with Crippen LogP contribution in [-0.4, -0.2) is 14.7 Å². The van der Waals surface area contributed by atoms with E-state index in [1.165, 1.54) is 12.1 Å². The van der Waals surface area contributed by atoms with E-state index in [-0.39, 0.29) is 17.4 Å². The zero-order valence-corrected chi connectivity index (χ0v) is 15.4. The zero-order chi connectivity index (χ0) is 16.5. The molecule has 0 fully saturated rings. The molecule has 7 heteroatoms. The molecular formula is C14H20BrF3O2Si. The third kappa shape index (κ3) is 5.63. The number of hydrogen-bond donors (Lipinski definition) is 0. The smallest absolute Gasteiger partial charge is 0.412 e. The quantitative estimate of drug-likeness (QED) is 0.604. The Morgan fingerprint density at radius 2 is 1.71 bits per heavy atom. The van der Waals surface area contributed by atoms with Crippen LogP contribution in [0.4, 0.5) is 13.2 Å². The standard InChI is InChI=1S/C14H20BrF3O2Si/c1-13(2,3)21(4,5)19-9-10-8-11(15)6-7-12(10)20-14(16,17)18/h6-8H,9H2,1-5H3. The first-order valence-electron chi connectivity index (χ1n) is 6.50. The van der Waals surface area contributed by atoms with Gasteiger partial charge in [0.05, 0.1) is 6.61 Å². The molecular weight excluding hydrogens is 365 g/mol. The largest absolute Gasteiger partial charge is 0.573 e. The Morgan fingerprint density at radius 1 is 1.14 bits per heavy atom. The van der Waals surface area contributed by atoms with Crippen LogP contribution in [0.3, 0.4) is 0 Å². The monoisotopic (exact) mass is 384 g/mol. The van der Waals surface area contributed by atoms with Gasteiger partial charge >= 0.3 is 6.36 Å². The first kappa shape index (κ1) is 18.5. The van der Waals surface area contributed by atoms with Crippen LogP contribution >= 0.6 is 15.9 Å². The highest BCUT2D eigenvalue weighted by atomic mass is 79.9. The lowest BCUT2D eigenvalue weighted by Crippen LogP contribution is -2.40. The van der Waals surface area contributed by atoms with Gasteiger partial charge in [-0.15, -0.1) is 13.2 Å². The van der Waals surface area contributed by atoms with Gasteiger partial charge in [0, 0.05) is 10.0 Å². The molecule has 0 aliphatic heterocycles. The first-order chi connectivity index (χ1) is 9.32. The molecule has 0 spiro atoms. The van der Waals surface area contributed by atoms with Crippen molar-refractivity contribution in [2.24, 2.45) is 0 Å². The first-order valence-corrected chi connectivity index (χ1v) is 10.2. The molecule has 0 unspecified atom stereocenters. The normalized spacial score (nSPS) is 13.4. The third-order valence-corrected chi connectivity index (χ3v) is 8.61. The third-order valence-electron chi connectivity index (χ3n) is 3.64. The molecule has 120 valence electrons. The van der Waals surface area contributed by atoms with Gasteiger partial charge in [-0.1, -0.05) is 36.7 Å². The minimum atomic E-state index is -4.71. The highest BCUT2D eigenvalue weighted by molar-refractivity contribution is 9.10. The fourth-order valence-corrected chi connectivity index (χ4v) is 2.72. The van der Waals surface area contributed by atoms with Gasteiger partial charge in [-0.25, -0.2) is 0 Å². The number of benzene rings is 1. The lowest BCUT2D eigenvalue weighted by atomic mass is 10.2. The van der Waals surface area contributed by atoms with Gasteiger partial charge in [0.1, 0.15) is 5.75 Å². The van der Waals surface area contributed by atoms with Crippen molar-refractivity contribution in [2.75, 3.05) is 0 Å². The van der Waals surface area contributed by atoms with Crippen LogP contribution in [0, 0.1) is 0 Å². The molecule has 2 nitrogen and oxygen atoms in total. The van der Waals surface area contributed by atoms with E-state index in [0.717, 1.165) is 0 Å². The Bertz CT molecular complexity index is 496. The maximum Gasteiger partial charge on any atom is 0.573 e. The lowest BCUT2D eigenvalue weighted by molar-refractivity contribution is -0.275. The van der Waals surface area contributed by atoms with Gasteiger partial charge in [0.2, 0.25) is 0 Å². The summed E-state index contributed by atoms with van der Waals surface area (Å²) < 4.78 is 48.0. The van der Waals surface area contributed by atoms with E-state index in [9.17, 15) is 13.2 Å². The molecule has 0 radical (unpaired) electrons. The van der Waals surface area contributed by atoms with Gasteiger partial charge in [0.15, 0.2) is 8.32 Å². The second-order valence-corrected chi connectivity index (χ2v) is 12.1. The van der Waals surface area contributed by atoms with Crippen molar-refractivity contribution in [3.63, 3.8) is 0 Å². The molecule has 0 aromatic heterocycles. The number of alkyl halides is 3. The van der Waals surface area contributed by atoms with E-state index < -0.39 is 14.7 Å². The average Bonchev–Trinajstić information content (AvgIpc) is 2.26. The molecule has 1 rings (SSSR count). The van der Waals surface area contributed by atoms with Crippen LogP contribution in [0.2, 0.25) is 18.1 Å². The maximum atomic E-state index is 12.4. The van der Waals surface area contributed by atoms with Crippen LogP contribution in [0.5, 0.6) is 5.75 Å². The van der Waals surface area contributed by atoms with Crippen molar-refractivity contribution in [2.45, 2.75) is 51.9 Å². The average molecular weight is 385 g/mol. The molecule has 0 bridgehead atoms. The summed E-state index contributed by atoms with van der Waals surface area (Å²) in [5.74, 6) is -0.218. The molecule has 0 heterocycles. The predicted molar refractivity (Wildman–Crippen MR) is 82.8 cm³/mol. The van der Waals surface area contributed by atoms with Crippen molar-refractivity contribution < 1.29 is 22.3 Å².